The summed E-state index contributed by atoms with van der Waals surface area (Å²) in [6, 6.07) is 3.97. The summed E-state index contributed by atoms with van der Waals surface area (Å²) < 4.78 is 11.1. The van der Waals surface area contributed by atoms with E-state index in [2.05, 4.69) is 25.7 Å². The molecular weight excluding hydrogens is 254 g/mol. The van der Waals surface area contributed by atoms with E-state index in [1.807, 2.05) is 19.1 Å². The summed E-state index contributed by atoms with van der Waals surface area (Å²) in [5.41, 5.74) is 0. The largest absolute Gasteiger partial charge is 0.465 e. The Kier molecular flexibility index (Phi) is 7.88. The van der Waals surface area contributed by atoms with Gasteiger partial charge in [0, 0.05) is 13.2 Å². The quantitative estimate of drug-likeness (QED) is 0.717. The summed E-state index contributed by atoms with van der Waals surface area (Å²) in [5.74, 6) is 2.38. The molecule has 0 unspecified atom stereocenters. The van der Waals surface area contributed by atoms with Crippen LogP contribution >= 0.6 is 0 Å². The van der Waals surface area contributed by atoms with Crippen molar-refractivity contribution in [2.24, 2.45) is 5.92 Å². The second kappa shape index (κ2) is 9.16. The Bertz CT molecular complexity index is 362. The Morgan fingerprint density at radius 1 is 1.30 bits per heavy atom. The minimum Gasteiger partial charge on any atom is -0.465 e. The summed E-state index contributed by atoms with van der Waals surface area (Å²) in [6.07, 6.45) is 0.607. The van der Waals surface area contributed by atoms with Crippen molar-refractivity contribution >= 4 is 0 Å². The maximum Gasteiger partial charge on any atom is 0.118 e. The molecule has 0 aliphatic heterocycles. The molecule has 20 heavy (non-hydrogen) atoms. The van der Waals surface area contributed by atoms with E-state index in [9.17, 15) is 5.11 Å². The van der Waals surface area contributed by atoms with Crippen LogP contribution in [0.3, 0.4) is 0 Å². The molecule has 0 saturated heterocycles. The first kappa shape index (κ1) is 17.2. The highest BCUT2D eigenvalue weighted by Crippen LogP contribution is 2.10. The predicted octanol–water partition coefficient (Wildman–Crippen LogP) is 2.83. The van der Waals surface area contributed by atoms with Crippen molar-refractivity contribution in [1.29, 1.82) is 0 Å². The number of aliphatic hydroxyl groups excluding tert-OH is 1. The first-order valence-electron chi connectivity index (χ1n) is 7.54. The van der Waals surface area contributed by atoms with Crippen LogP contribution in [0.4, 0.5) is 0 Å². The Morgan fingerprint density at radius 3 is 2.60 bits per heavy atom. The maximum atomic E-state index is 10.0. The predicted molar refractivity (Wildman–Crippen MR) is 80.7 cm³/mol. The van der Waals surface area contributed by atoms with Gasteiger partial charge < -0.3 is 14.3 Å². The van der Waals surface area contributed by atoms with Gasteiger partial charge in [-0.25, -0.2) is 0 Å². The first-order valence-corrected chi connectivity index (χ1v) is 7.54. The van der Waals surface area contributed by atoms with Crippen molar-refractivity contribution in [3.05, 3.63) is 23.7 Å². The van der Waals surface area contributed by atoms with Crippen LogP contribution in [0.5, 0.6) is 0 Å². The average Bonchev–Trinajstić information content (AvgIpc) is 2.74. The smallest absolute Gasteiger partial charge is 0.118 e. The molecule has 0 aliphatic rings. The fraction of sp³-hybridized carbons (Fsp3) is 0.750. The van der Waals surface area contributed by atoms with E-state index >= 15 is 0 Å². The molecule has 116 valence electrons. The summed E-state index contributed by atoms with van der Waals surface area (Å²) in [5, 5.41) is 10.0. The van der Waals surface area contributed by atoms with Crippen molar-refractivity contribution in [3.8, 4) is 0 Å². The molecule has 0 saturated carbocycles. The van der Waals surface area contributed by atoms with Gasteiger partial charge in [-0.05, 0) is 37.9 Å². The topological polar surface area (TPSA) is 45.8 Å². The number of furan rings is 1. The number of hydrogen-bond donors (Lipinski definition) is 1. The number of rotatable bonds is 10. The molecule has 4 nitrogen and oxygen atoms in total. The fourth-order valence-electron chi connectivity index (χ4n) is 2.13. The van der Waals surface area contributed by atoms with Crippen molar-refractivity contribution in [2.75, 3.05) is 26.3 Å². The van der Waals surface area contributed by atoms with Crippen LogP contribution in [0.1, 0.15) is 38.7 Å². The summed E-state index contributed by atoms with van der Waals surface area (Å²) in [7, 11) is 0. The molecule has 0 amide bonds. The molecule has 1 aromatic rings. The SMILES string of the molecule is CCCN(Cc1ccc(C)o1)C[C@@H](O)COCC(C)C. The molecule has 0 aromatic carbocycles. The third-order valence-corrected chi connectivity index (χ3v) is 2.95. The standard InChI is InChI=1S/C16H29NO3/c1-5-8-17(10-16-7-6-14(4)20-16)9-15(18)12-19-11-13(2)3/h6-7,13,15,18H,5,8-12H2,1-4H3/t15-/m1/s1. The molecule has 1 N–H and O–H groups in total. The molecule has 0 aliphatic carbocycles. The van der Waals surface area contributed by atoms with Crippen LogP contribution in [0.2, 0.25) is 0 Å². The Hall–Kier alpha value is -0.840. The van der Waals surface area contributed by atoms with Gasteiger partial charge in [-0.15, -0.1) is 0 Å². The zero-order chi connectivity index (χ0) is 15.0. The summed E-state index contributed by atoms with van der Waals surface area (Å²) >= 11 is 0. The molecule has 1 aromatic heterocycles. The van der Waals surface area contributed by atoms with Crippen molar-refractivity contribution in [1.82, 2.24) is 4.90 Å². The van der Waals surface area contributed by atoms with Crippen molar-refractivity contribution < 1.29 is 14.3 Å². The third-order valence-electron chi connectivity index (χ3n) is 2.95. The van der Waals surface area contributed by atoms with Crippen molar-refractivity contribution in [3.63, 3.8) is 0 Å². The number of aliphatic hydroxyl groups is 1. The van der Waals surface area contributed by atoms with E-state index in [0.717, 1.165) is 31.0 Å². The second-order valence-electron chi connectivity index (χ2n) is 5.83. The zero-order valence-corrected chi connectivity index (χ0v) is 13.3. The highest BCUT2D eigenvalue weighted by Gasteiger charge is 2.13. The van der Waals surface area contributed by atoms with Gasteiger partial charge >= 0.3 is 0 Å². The van der Waals surface area contributed by atoms with E-state index in [1.165, 1.54) is 0 Å². The fourth-order valence-corrected chi connectivity index (χ4v) is 2.13. The maximum absolute atomic E-state index is 10.0. The van der Waals surface area contributed by atoms with E-state index < -0.39 is 6.10 Å². The average molecular weight is 283 g/mol. The highest BCUT2D eigenvalue weighted by atomic mass is 16.5. The van der Waals surface area contributed by atoms with E-state index in [-0.39, 0.29) is 0 Å². The zero-order valence-electron chi connectivity index (χ0n) is 13.3. The van der Waals surface area contributed by atoms with Gasteiger partial charge in [0.2, 0.25) is 0 Å². The highest BCUT2D eigenvalue weighted by molar-refractivity contribution is 5.05. The molecule has 0 bridgehead atoms. The number of hydrogen-bond acceptors (Lipinski definition) is 4. The molecule has 4 heteroatoms. The van der Waals surface area contributed by atoms with Crippen molar-refractivity contribution in [2.45, 2.75) is 46.8 Å². The van der Waals surface area contributed by atoms with Crippen LogP contribution in [0.25, 0.3) is 0 Å². The summed E-state index contributed by atoms with van der Waals surface area (Å²) in [4.78, 5) is 2.21. The third kappa shape index (κ3) is 7.08. The molecule has 1 heterocycles. The molecule has 0 radical (unpaired) electrons. The normalized spacial score (nSPS) is 13.3. The Balaban J connectivity index is 2.37. The molecule has 0 spiro atoms. The van der Waals surface area contributed by atoms with Crippen LogP contribution in [-0.4, -0.2) is 42.4 Å². The van der Waals surface area contributed by atoms with Crippen LogP contribution < -0.4 is 0 Å². The molecule has 1 atom stereocenters. The van der Waals surface area contributed by atoms with Crippen LogP contribution in [0.15, 0.2) is 16.5 Å². The van der Waals surface area contributed by atoms with Crippen LogP contribution in [0, 0.1) is 12.8 Å². The lowest BCUT2D eigenvalue weighted by molar-refractivity contribution is 0.00601. The van der Waals surface area contributed by atoms with E-state index in [1.54, 1.807) is 0 Å². The second-order valence-corrected chi connectivity index (χ2v) is 5.83. The lowest BCUT2D eigenvalue weighted by atomic mass is 10.2. The molecule has 1 rings (SSSR count). The van der Waals surface area contributed by atoms with Gasteiger partial charge in [-0.3, -0.25) is 4.90 Å². The number of ether oxygens (including phenoxy) is 1. The Morgan fingerprint density at radius 2 is 2.05 bits per heavy atom. The Labute approximate surface area is 122 Å². The lowest BCUT2D eigenvalue weighted by Gasteiger charge is -2.23. The van der Waals surface area contributed by atoms with E-state index in [4.69, 9.17) is 9.15 Å². The van der Waals surface area contributed by atoms with Gasteiger partial charge in [0.1, 0.15) is 11.5 Å². The van der Waals surface area contributed by atoms with Gasteiger partial charge in [0.25, 0.3) is 0 Å². The van der Waals surface area contributed by atoms with Crippen LogP contribution in [-0.2, 0) is 11.3 Å². The minimum atomic E-state index is -0.448. The lowest BCUT2D eigenvalue weighted by Crippen LogP contribution is -2.35. The number of nitrogens with zero attached hydrogens (tertiary/aromatic N) is 1. The van der Waals surface area contributed by atoms with Gasteiger partial charge in [0.05, 0.1) is 19.3 Å². The molecular formula is C16H29NO3. The van der Waals surface area contributed by atoms with Gasteiger partial charge in [-0.1, -0.05) is 20.8 Å². The van der Waals surface area contributed by atoms with Gasteiger partial charge in [-0.2, -0.15) is 0 Å². The monoisotopic (exact) mass is 283 g/mol. The number of aryl methyl sites for hydroxylation is 1. The summed E-state index contributed by atoms with van der Waals surface area (Å²) in [6.45, 7) is 11.7. The molecule has 0 fully saturated rings. The first-order chi connectivity index (χ1) is 9.51. The minimum absolute atomic E-state index is 0.398. The van der Waals surface area contributed by atoms with E-state index in [0.29, 0.717) is 25.7 Å². The van der Waals surface area contributed by atoms with Gasteiger partial charge in [0.15, 0.2) is 0 Å².